The molecule has 1 aliphatic heterocycles. The molecule has 0 aromatic heterocycles. The van der Waals surface area contributed by atoms with Crippen LogP contribution in [0.15, 0.2) is 24.3 Å². The number of hydrogen-bond donors (Lipinski definition) is 1. The SMILES string of the molecule is Cl.N#CC1(c2ccccc2F)CCN(CCCN)CC1. The first-order valence-corrected chi connectivity index (χ1v) is 6.80. The van der Waals surface area contributed by atoms with Crippen molar-refractivity contribution in [3.8, 4) is 6.07 Å². The van der Waals surface area contributed by atoms with E-state index in [4.69, 9.17) is 5.73 Å². The molecule has 1 aliphatic rings. The normalized spacial score (nSPS) is 18.1. The van der Waals surface area contributed by atoms with Gasteiger partial charge in [0.15, 0.2) is 0 Å². The lowest BCUT2D eigenvalue weighted by atomic mass is 9.74. The zero-order chi connectivity index (χ0) is 13.7. The molecule has 0 amide bonds. The van der Waals surface area contributed by atoms with Crippen molar-refractivity contribution in [2.75, 3.05) is 26.2 Å². The van der Waals surface area contributed by atoms with Crippen molar-refractivity contribution in [1.82, 2.24) is 4.90 Å². The number of hydrogen-bond acceptors (Lipinski definition) is 3. The lowest BCUT2D eigenvalue weighted by molar-refractivity contribution is 0.183. The van der Waals surface area contributed by atoms with E-state index in [0.29, 0.717) is 24.9 Å². The molecule has 5 heteroatoms. The minimum Gasteiger partial charge on any atom is -0.330 e. The van der Waals surface area contributed by atoms with Crippen LogP contribution in [-0.4, -0.2) is 31.1 Å². The maximum Gasteiger partial charge on any atom is 0.128 e. The topological polar surface area (TPSA) is 53.0 Å². The Kier molecular flexibility index (Phi) is 6.41. The Morgan fingerprint density at radius 2 is 1.95 bits per heavy atom. The molecule has 1 aromatic carbocycles. The van der Waals surface area contributed by atoms with Gasteiger partial charge in [0, 0.05) is 5.56 Å². The van der Waals surface area contributed by atoms with Crippen LogP contribution in [0, 0.1) is 17.1 Å². The van der Waals surface area contributed by atoms with Gasteiger partial charge in [-0.25, -0.2) is 4.39 Å². The van der Waals surface area contributed by atoms with Crippen LogP contribution in [0.1, 0.15) is 24.8 Å². The van der Waals surface area contributed by atoms with Crippen molar-refractivity contribution in [2.45, 2.75) is 24.7 Å². The van der Waals surface area contributed by atoms with Crippen molar-refractivity contribution in [1.29, 1.82) is 5.26 Å². The van der Waals surface area contributed by atoms with Gasteiger partial charge in [0.05, 0.1) is 11.5 Å². The van der Waals surface area contributed by atoms with E-state index in [1.165, 1.54) is 6.07 Å². The van der Waals surface area contributed by atoms with Crippen molar-refractivity contribution in [3.05, 3.63) is 35.6 Å². The number of likely N-dealkylation sites (tertiary alicyclic amines) is 1. The molecule has 0 bridgehead atoms. The van der Waals surface area contributed by atoms with Gasteiger partial charge in [-0.3, -0.25) is 0 Å². The summed E-state index contributed by atoms with van der Waals surface area (Å²) in [6, 6.07) is 9.01. The Hall–Kier alpha value is -1.15. The average molecular weight is 298 g/mol. The molecule has 110 valence electrons. The molecule has 0 unspecified atom stereocenters. The maximum atomic E-state index is 13.9. The lowest BCUT2D eigenvalue weighted by Gasteiger charge is -2.37. The van der Waals surface area contributed by atoms with Crippen LogP contribution in [0.2, 0.25) is 0 Å². The van der Waals surface area contributed by atoms with Gasteiger partial charge in [-0.05, 0) is 51.5 Å². The molecule has 2 N–H and O–H groups in total. The summed E-state index contributed by atoms with van der Waals surface area (Å²) in [6.07, 6.45) is 2.35. The summed E-state index contributed by atoms with van der Waals surface area (Å²) in [7, 11) is 0. The number of nitrogens with two attached hydrogens (primary N) is 1. The van der Waals surface area contributed by atoms with Crippen LogP contribution in [0.5, 0.6) is 0 Å². The summed E-state index contributed by atoms with van der Waals surface area (Å²) in [5.41, 5.74) is 5.40. The van der Waals surface area contributed by atoms with E-state index in [9.17, 15) is 9.65 Å². The molecule has 1 fully saturated rings. The van der Waals surface area contributed by atoms with Crippen LogP contribution in [-0.2, 0) is 5.41 Å². The summed E-state index contributed by atoms with van der Waals surface area (Å²) in [6.45, 7) is 3.33. The second-order valence-electron chi connectivity index (χ2n) is 5.16. The van der Waals surface area contributed by atoms with Gasteiger partial charge >= 0.3 is 0 Å². The number of benzene rings is 1. The van der Waals surface area contributed by atoms with Gasteiger partial charge in [0.25, 0.3) is 0 Å². The van der Waals surface area contributed by atoms with Crippen LogP contribution in [0.3, 0.4) is 0 Å². The van der Waals surface area contributed by atoms with Gasteiger partial charge in [-0.1, -0.05) is 18.2 Å². The van der Waals surface area contributed by atoms with E-state index >= 15 is 0 Å². The Morgan fingerprint density at radius 1 is 1.30 bits per heavy atom. The van der Waals surface area contributed by atoms with Gasteiger partial charge in [-0.15, -0.1) is 12.4 Å². The molecule has 0 atom stereocenters. The predicted octanol–water partition coefficient (Wildman–Crippen LogP) is 2.45. The predicted molar refractivity (Wildman–Crippen MR) is 80.3 cm³/mol. The molecule has 0 aliphatic carbocycles. The largest absolute Gasteiger partial charge is 0.330 e. The Bertz CT molecular complexity index is 464. The number of piperidine rings is 1. The van der Waals surface area contributed by atoms with Crippen molar-refractivity contribution in [3.63, 3.8) is 0 Å². The van der Waals surface area contributed by atoms with Gasteiger partial charge in [0.2, 0.25) is 0 Å². The first-order valence-electron chi connectivity index (χ1n) is 6.80. The summed E-state index contributed by atoms with van der Waals surface area (Å²) < 4.78 is 13.9. The van der Waals surface area contributed by atoms with E-state index < -0.39 is 5.41 Å². The zero-order valence-electron chi connectivity index (χ0n) is 11.5. The van der Waals surface area contributed by atoms with E-state index in [1.807, 2.05) is 0 Å². The third-order valence-corrected chi connectivity index (χ3v) is 3.99. The molecule has 2 rings (SSSR count). The molecule has 1 aromatic rings. The van der Waals surface area contributed by atoms with Crippen LogP contribution in [0.4, 0.5) is 4.39 Å². The highest BCUT2D eigenvalue weighted by Crippen LogP contribution is 2.36. The summed E-state index contributed by atoms with van der Waals surface area (Å²) in [4.78, 5) is 2.31. The van der Waals surface area contributed by atoms with E-state index in [0.717, 1.165) is 26.1 Å². The molecule has 1 heterocycles. The number of nitriles is 1. The third-order valence-electron chi connectivity index (χ3n) is 3.99. The molecular weight excluding hydrogens is 277 g/mol. The molecule has 3 nitrogen and oxygen atoms in total. The third kappa shape index (κ3) is 3.49. The Labute approximate surface area is 126 Å². The first kappa shape index (κ1) is 16.9. The first-order chi connectivity index (χ1) is 9.22. The monoisotopic (exact) mass is 297 g/mol. The minimum absolute atomic E-state index is 0. The van der Waals surface area contributed by atoms with Crippen molar-refractivity contribution in [2.24, 2.45) is 5.73 Å². The molecule has 20 heavy (non-hydrogen) atoms. The second-order valence-corrected chi connectivity index (χ2v) is 5.16. The smallest absolute Gasteiger partial charge is 0.128 e. The Balaban J connectivity index is 0.00000200. The number of rotatable bonds is 4. The summed E-state index contributed by atoms with van der Waals surface area (Å²) in [5.74, 6) is -0.264. The van der Waals surface area contributed by atoms with Crippen molar-refractivity contribution < 1.29 is 4.39 Å². The minimum atomic E-state index is -0.662. The van der Waals surface area contributed by atoms with Gasteiger partial charge < -0.3 is 10.6 Å². The molecule has 0 saturated carbocycles. The second kappa shape index (κ2) is 7.58. The van der Waals surface area contributed by atoms with E-state index in [2.05, 4.69) is 11.0 Å². The zero-order valence-corrected chi connectivity index (χ0v) is 12.3. The highest BCUT2D eigenvalue weighted by atomic mass is 35.5. The van der Waals surface area contributed by atoms with Crippen LogP contribution < -0.4 is 5.73 Å². The van der Waals surface area contributed by atoms with Crippen LogP contribution >= 0.6 is 12.4 Å². The quantitative estimate of drug-likeness (QED) is 0.929. The molecule has 1 saturated heterocycles. The highest BCUT2D eigenvalue weighted by Gasteiger charge is 2.38. The fourth-order valence-electron chi connectivity index (χ4n) is 2.76. The van der Waals surface area contributed by atoms with Gasteiger partial charge in [0.1, 0.15) is 5.82 Å². The van der Waals surface area contributed by atoms with Gasteiger partial charge in [-0.2, -0.15) is 5.26 Å². The number of nitrogens with zero attached hydrogens (tertiary/aromatic N) is 2. The average Bonchev–Trinajstić information content (AvgIpc) is 2.46. The van der Waals surface area contributed by atoms with Crippen molar-refractivity contribution >= 4 is 12.4 Å². The van der Waals surface area contributed by atoms with E-state index in [1.54, 1.807) is 18.2 Å². The maximum absolute atomic E-state index is 13.9. The van der Waals surface area contributed by atoms with Crippen LogP contribution in [0.25, 0.3) is 0 Å². The lowest BCUT2D eigenvalue weighted by Crippen LogP contribution is -2.42. The highest BCUT2D eigenvalue weighted by molar-refractivity contribution is 5.85. The summed E-state index contributed by atoms with van der Waals surface area (Å²) in [5, 5.41) is 9.53. The standard InChI is InChI=1S/C15H20FN3.ClH/c16-14-5-2-1-4-13(14)15(12-18)6-10-19(11-7-15)9-3-8-17;/h1-2,4-5H,3,6-11,17H2;1H. The Morgan fingerprint density at radius 3 is 2.50 bits per heavy atom. The van der Waals surface area contributed by atoms with E-state index in [-0.39, 0.29) is 18.2 Å². The molecule has 0 spiro atoms. The molecule has 0 radical (unpaired) electrons. The summed E-state index contributed by atoms with van der Waals surface area (Å²) >= 11 is 0. The fraction of sp³-hybridized carbons (Fsp3) is 0.533. The number of halogens is 2. The molecular formula is C15H21ClFN3. The fourth-order valence-corrected chi connectivity index (χ4v) is 2.76.